The first-order valence-electron chi connectivity index (χ1n) is 13.0. The number of pyridine rings is 2. The highest BCUT2D eigenvalue weighted by atomic mass is 35.5. The smallest absolute Gasteiger partial charge is 0.307 e. The van der Waals surface area contributed by atoms with Crippen LogP contribution < -0.4 is 11.1 Å². The Bertz CT molecular complexity index is 1450. The van der Waals surface area contributed by atoms with E-state index < -0.39 is 23.5 Å². The van der Waals surface area contributed by atoms with Gasteiger partial charge in [-0.1, -0.05) is 23.2 Å². The third kappa shape index (κ3) is 9.81. The molecule has 0 aliphatic carbocycles. The number of benzene rings is 1. The van der Waals surface area contributed by atoms with Crippen LogP contribution in [0, 0.1) is 6.92 Å². The molecular weight excluding hydrogens is 565 g/mol. The van der Waals surface area contributed by atoms with E-state index in [2.05, 4.69) is 20.3 Å². The fourth-order valence-electron chi connectivity index (χ4n) is 3.91. The van der Waals surface area contributed by atoms with E-state index in [9.17, 15) is 9.59 Å². The van der Waals surface area contributed by atoms with E-state index in [4.69, 9.17) is 38.4 Å². The summed E-state index contributed by atoms with van der Waals surface area (Å²) in [6, 6.07) is 9.90. The monoisotopic (exact) mass is 599 g/mol. The van der Waals surface area contributed by atoms with Gasteiger partial charge in [-0.05, 0) is 81.6 Å². The zero-order valence-electron chi connectivity index (χ0n) is 23.8. The van der Waals surface area contributed by atoms with Crippen LogP contribution in [-0.4, -0.2) is 53.9 Å². The molecule has 0 aliphatic rings. The SMILES string of the molecule is COC(=O)CC(NC(=O)C(C=NCCc1cc2cccnc2nc1C)=C(N)COC(C)(C)C)c1cc(Cl)cc(Cl)c1. The molecule has 0 aliphatic heterocycles. The second-order valence-electron chi connectivity index (χ2n) is 10.4. The summed E-state index contributed by atoms with van der Waals surface area (Å²) in [7, 11) is 1.27. The molecule has 2 aromatic heterocycles. The van der Waals surface area contributed by atoms with Gasteiger partial charge in [0.15, 0.2) is 5.65 Å². The Morgan fingerprint density at radius 3 is 2.54 bits per heavy atom. The molecule has 1 unspecified atom stereocenters. The summed E-state index contributed by atoms with van der Waals surface area (Å²) in [4.78, 5) is 39.1. The lowest BCUT2D eigenvalue weighted by Crippen LogP contribution is -2.34. The largest absolute Gasteiger partial charge is 0.469 e. The molecule has 9 nitrogen and oxygen atoms in total. The zero-order valence-corrected chi connectivity index (χ0v) is 25.3. The van der Waals surface area contributed by atoms with Crippen molar-refractivity contribution in [2.75, 3.05) is 20.3 Å². The number of nitrogens with one attached hydrogen (secondary N) is 1. The molecule has 0 saturated carbocycles. The Morgan fingerprint density at radius 1 is 1.17 bits per heavy atom. The Balaban J connectivity index is 1.85. The number of hydrogen-bond donors (Lipinski definition) is 2. The molecule has 0 fully saturated rings. The van der Waals surface area contributed by atoms with Gasteiger partial charge in [0.25, 0.3) is 5.91 Å². The predicted octanol–water partition coefficient (Wildman–Crippen LogP) is 5.31. The highest BCUT2D eigenvalue weighted by Crippen LogP contribution is 2.26. The van der Waals surface area contributed by atoms with Crippen molar-refractivity contribution in [3.05, 3.63) is 80.7 Å². The number of aromatic nitrogens is 2. The molecule has 3 aromatic rings. The number of nitrogens with zero attached hydrogens (tertiary/aromatic N) is 3. The molecule has 0 radical (unpaired) electrons. The standard InChI is InChI=1S/C30H35Cl2N5O4/c1-18-19(11-20-7-6-9-35-28(20)36-18)8-10-34-16-24(25(33)17-41-30(2,3)4)29(39)37-26(15-27(38)40-5)21-12-22(31)14-23(32)13-21/h6-7,9,11-14,16,26H,8,10,15,17,33H2,1-5H3,(H,37,39). The summed E-state index contributed by atoms with van der Waals surface area (Å²) in [5.74, 6) is -1.06. The zero-order chi connectivity index (χ0) is 30.2. The summed E-state index contributed by atoms with van der Waals surface area (Å²) in [5.41, 5.74) is 9.29. The first-order chi connectivity index (χ1) is 19.4. The second-order valence-corrected chi connectivity index (χ2v) is 11.3. The maximum atomic E-state index is 13.6. The lowest BCUT2D eigenvalue weighted by Gasteiger charge is -2.22. The molecule has 11 heteroatoms. The average Bonchev–Trinajstić information content (AvgIpc) is 2.90. The second kappa shape index (κ2) is 14.4. The molecule has 1 aromatic carbocycles. The van der Waals surface area contributed by atoms with Gasteiger partial charge >= 0.3 is 5.97 Å². The Kier molecular flexibility index (Phi) is 11.2. The first-order valence-corrected chi connectivity index (χ1v) is 13.8. The molecule has 218 valence electrons. The number of hydrogen-bond acceptors (Lipinski definition) is 8. The molecule has 1 atom stereocenters. The Hall–Kier alpha value is -3.53. The number of aliphatic imine (C=N–C) groups is 1. The van der Waals surface area contributed by atoms with Gasteiger partial charge in [0.2, 0.25) is 0 Å². The number of nitrogens with two attached hydrogens (primary N) is 1. The lowest BCUT2D eigenvalue weighted by molar-refractivity contribution is -0.141. The van der Waals surface area contributed by atoms with E-state index in [0.717, 1.165) is 16.6 Å². The molecule has 0 spiro atoms. The van der Waals surface area contributed by atoms with Crippen LogP contribution in [0.2, 0.25) is 10.0 Å². The van der Waals surface area contributed by atoms with Crippen molar-refractivity contribution in [1.29, 1.82) is 0 Å². The number of carbonyl (C=O) groups excluding carboxylic acids is 2. The van der Waals surface area contributed by atoms with Crippen molar-refractivity contribution in [1.82, 2.24) is 15.3 Å². The van der Waals surface area contributed by atoms with Crippen molar-refractivity contribution < 1.29 is 19.1 Å². The number of halogens is 2. The fraction of sp³-hybridized carbons (Fsp3) is 0.367. The minimum atomic E-state index is -0.786. The molecule has 0 bridgehead atoms. The summed E-state index contributed by atoms with van der Waals surface area (Å²) in [6.07, 6.45) is 3.59. The van der Waals surface area contributed by atoms with Crippen LogP contribution in [0.5, 0.6) is 0 Å². The number of aryl methyl sites for hydroxylation is 1. The van der Waals surface area contributed by atoms with Crippen LogP contribution in [0.1, 0.15) is 50.1 Å². The number of ether oxygens (including phenoxy) is 2. The van der Waals surface area contributed by atoms with Gasteiger partial charge in [0.1, 0.15) is 0 Å². The van der Waals surface area contributed by atoms with E-state index in [0.29, 0.717) is 34.2 Å². The molecule has 3 rings (SSSR count). The van der Waals surface area contributed by atoms with Gasteiger partial charge in [-0.3, -0.25) is 14.6 Å². The van der Waals surface area contributed by atoms with Crippen molar-refractivity contribution in [2.24, 2.45) is 10.7 Å². The quantitative estimate of drug-likeness (QED) is 0.174. The average molecular weight is 601 g/mol. The van der Waals surface area contributed by atoms with E-state index >= 15 is 0 Å². The number of rotatable bonds is 11. The maximum Gasteiger partial charge on any atom is 0.307 e. The molecule has 0 saturated heterocycles. The van der Waals surface area contributed by atoms with Crippen molar-refractivity contribution in [2.45, 2.75) is 52.2 Å². The predicted molar refractivity (Wildman–Crippen MR) is 162 cm³/mol. The highest BCUT2D eigenvalue weighted by molar-refractivity contribution is 6.34. The fourth-order valence-corrected chi connectivity index (χ4v) is 4.45. The minimum Gasteiger partial charge on any atom is -0.469 e. The summed E-state index contributed by atoms with van der Waals surface area (Å²) >= 11 is 12.4. The van der Waals surface area contributed by atoms with Crippen LogP contribution in [0.25, 0.3) is 11.0 Å². The third-order valence-corrected chi connectivity index (χ3v) is 6.49. The van der Waals surface area contributed by atoms with Crippen LogP contribution in [0.4, 0.5) is 0 Å². The van der Waals surface area contributed by atoms with Crippen LogP contribution in [0.15, 0.2) is 58.9 Å². The van der Waals surface area contributed by atoms with E-state index in [1.807, 2.05) is 45.9 Å². The van der Waals surface area contributed by atoms with Crippen LogP contribution in [-0.2, 0) is 25.5 Å². The van der Waals surface area contributed by atoms with E-state index in [-0.39, 0.29) is 24.3 Å². The van der Waals surface area contributed by atoms with Gasteiger partial charge in [-0.25, -0.2) is 9.97 Å². The normalized spacial score (nSPS) is 13.2. The number of esters is 1. The Labute approximate surface area is 250 Å². The summed E-state index contributed by atoms with van der Waals surface area (Å²) < 4.78 is 10.6. The molecule has 41 heavy (non-hydrogen) atoms. The van der Waals surface area contributed by atoms with E-state index in [1.54, 1.807) is 24.4 Å². The topological polar surface area (TPSA) is 129 Å². The lowest BCUT2D eigenvalue weighted by atomic mass is 10.0. The van der Waals surface area contributed by atoms with Gasteiger partial charge in [0, 0.05) is 45.8 Å². The molecule has 3 N–H and O–H groups in total. The van der Waals surface area contributed by atoms with Gasteiger partial charge < -0.3 is 20.5 Å². The van der Waals surface area contributed by atoms with Crippen molar-refractivity contribution >= 4 is 52.3 Å². The van der Waals surface area contributed by atoms with Crippen molar-refractivity contribution in [3.8, 4) is 0 Å². The van der Waals surface area contributed by atoms with E-state index in [1.165, 1.54) is 13.3 Å². The third-order valence-electron chi connectivity index (χ3n) is 6.06. The van der Waals surface area contributed by atoms with Crippen LogP contribution >= 0.6 is 23.2 Å². The first kappa shape index (κ1) is 32.0. The summed E-state index contributed by atoms with van der Waals surface area (Å²) in [6.45, 7) is 7.98. The van der Waals surface area contributed by atoms with Crippen LogP contribution in [0.3, 0.4) is 0 Å². The highest BCUT2D eigenvalue weighted by Gasteiger charge is 2.23. The van der Waals surface area contributed by atoms with Crippen molar-refractivity contribution in [3.63, 3.8) is 0 Å². The number of fused-ring (bicyclic) bond motifs is 1. The summed E-state index contributed by atoms with van der Waals surface area (Å²) in [5, 5.41) is 4.53. The Morgan fingerprint density at radius 2 is 1.88 bits per heavy atom. The van der Waals surface area contributed by atoms with Gasteiger partial charge in [-0.15, -0.1) is 0 Å². The van der Waals surface area contributed by atoms with Gasteiger partial charge in [-0.2, -0.15) is 0 Å². The van der Waals surface area contributed by atoms with Gasteiger partial charge in [0.05, 0.1) is 37.4 Å². The number of carbonyl (C=O) groups is 2. The molecular formula is C30H35Cl2N5O4. The number of methoxy groups -OCH3 is 1. The minimum absolute atomic E-state index is 0.00361. The number of amides is 1. The molecule has 1 amide bonds. The maximum absolute atomic E-state index is 13.6. The molecule has 2 heterocycles.